The molecule has 0 aliphatic heterocycles. The van der Waals surface area contributed by atoms with Crippen LogP contribution < -0.4 is 0 Å². The van der Waals surface area contributed by atoms with E-state index in [2.05, 4.69) is 9.47 Å². The molecule has 0 unspecified atom stereocenters. The second kappa shape index (κ2) is 24.6. The monoisotopic (exact) mass is 516 g/mol. The molecule has 0 aromatic carbocycles. The van der Waals surface area contributed by atoms with Gasteiger partial charge in [-0.3, -0.25) is 19.2 Å². The fourth-order valence-corrected chi connectivity index (χ4v) is 3.64. The molecule has 0 bridgehead atoms. The standard InChI is InChI=1S/2C14H26O4/c1-14(2,13(17)18)11-9-7-5-3-4-6-8-10-12(15)16;1-17-13(15)11-9-7-5-3-4-6-8-10-12-14(16)18-2/h3-11H2,1-2H3,(H,15,16)(H,17,18);3-12H2,1-2H3. The number of unbranched alkanes of at least 4 members (excludes halogenated alkanes) is 13. The predicted octanol–water partition coefficient (Wildman–Crippen LogP) is 6.93. The van der Waals surface area contributed by atoms with Gasteiger partial charge in [0.2, 0.25) is 0 Å². The minimum absolute atomic E-state index is 0.113. The van der Waals surface area contributed by atoms with Gasteiger partial charge < -0.3 is 19.7 Å². The number of carboxylic acids is 2. The molecule has 0 aliphatic carbocycles. The highest BCUT2D eigenvalue weighted by atomic mass is 16.5. The van der Waals surface area contributed by atoms with E-state index in [9.17, 15) is 19.2 Å². The van der Waals surface area contributed by atoms with Gasteiger partial charge in [0.25, 0.3) is 0 Å². The van der Waals surface area contributed by atoms with E-state index < -0.39 is 17.4 Å². The summed E-state index contributed by atoms with van der Waals surface area (Å²) in [6.07, 6.45) is 17.9. The Morgan fingerprint density at radius 1 is 0.528 bits per heavy atom. The minimum Gasteiger partial charge on any atom is -0.481 e. The molecule has 8 heteroatoms. The quantitative estimate of drug-likeness (QED) is 0.117. The van der Waals surface area contributed by atoms with E-state index in [1.807, 2.05) is 0 Å². The zero-order chi connectivity index (χ0) is 27.7. The van der Waals surface area contributed by atoms with Crippen LogP contribution in [0, 0.1) is 5.41 Å². The van der Waals surface area contributed by atoms with Crippen LogP contribution in [0.4, 0.5) is 0 Å². The lowest BCUT2D eigenvalue weighted by molar-refractivity contribution is -0.147. The lowest BCUT2D eigenvalue weighted by Crippen LogP contribution is -2.23. The summed E-state index contributed by atoms with van der Waals surface area (Å²) in [5.74, 6) is -1.67. The molecule has 0 aromatic heterocycles. The van der Waals surface area contributed by atoms with Gasteiger partial charge >= 0.3 is 23.9 Å². The van der Waals surface area contributed by atoms with Crippen molar-refractivity contribution in [3.8, 4) is 0 Å². The van der Waals surface area contributed by atoms with Crippen LogP contribution in [0.2, 0.25) is 0 Å². The van der Waals surface area contributed by atoms with E-state index in [4.69, 9.17) is 10.2 Å². The predicted molar refractivity (Wildman–Crippen MR) is 141 cm³/mol. The van der Waals surface area contributed by atoms with Crippen LogP contribution in [0.5, 0.6) is 0 Å². The first kappa shape index (κ1) is 36.0. The number of carbonyl (C=O) groups is 4. The number of hydrogen-bond donors (Lipinski definition) is 2. The van der Waals surface area contributed by atoms with Crippen molar-refractivity contribution >= 4 is 23.9 Å². The Morgan fingerprint density at radius 2 is 0.833 bits per heavy atom. The number of esters is 2. The van der Waals surface area contributed by atoms with Crippen molar-refractivity contribution in [2.24, 2.45) is 5.41 Å². The first-order valence-corrected chi connectivity index (χ1v) is 13.7. The van der Waals surface area contributed by atoms with Crippen molar-refractivity contribution in [2.45, 2.75) is 136 Å². The summed E-state index contributed by atoms with van der Waals surface area (Å²) in [4.78, 5) is 42.8. The summed E-state index contributed by atoms with van der Waals surface area (Å²) < 4.78 is 9.15. The maximum Gasteiger partial charge on any atom is 0.309 e. The van der Waals surface area contributed by atoms with E-state index in [-0.39, 0.29) is 18.4 Å². The number of ether oxygens (including phenoxy) is 2. The third kappa shape index (κ3) is 26.5. The molecule has 8 nitrogen and oxygen atoms in total. The highest BCUT2D eigenvalue weighted by Gasteiger charge is 2.25. The average molecular weight is 517 g/mol. The molecule has 0 aromatic rings. The number of carbonyl (C=O) groups excluding carboxylic acids is 2. The van der Waals surface area contributed by atoms with Crippen molar-refractivity contribution in [1.82, 2.24) is 0 Å². The Morgan fingerprint density at radius 3 is 1.14 bits per heavy atom. The molecule has 0 fully saturated rings. The largest absolute Gasteiger partial charge is 0.481 e. The summed E-state index contributed by atoms with van der Waals surface area (Å²) >= 11 is 0. The van der Waals surface area contributed by atoms with Crippen LogP contribution in [-0.2, 0) is 28.7 Å². The van der Waals surface area contributed by atoms with Crippen molar-refractivity contribution in [3.63, 3.8) is 0 Å². The van der Waals surface area contributed by atoms with Gasteiger partial charge in [-0.15, -0.1) is 0 Å². The SMILES string of the molecule is CC(C)(CCCCCCCCCC(=O)O)C(=O)O.COC(=O)CCCCCCCCCCC(=O)OC. The molecule has 36 heavy (non-hydrogen) atoms. The summed E-state index contributed by atoms with van der Waals surface area (Å²) in [5, 5.41) is 17.4. The lowest BCUT2D eigenvalue weighted by Gasteiger charge is -2.18. The van der Waals surface area contributed by atoms with Crippen LogP contribution in [0.15, 0.2) is 0 Å². The van der Waals surface area contributed by atoms with Crippen LogP contribution >= 0.6 is 0 Å². The summed E-state index contributed by atoms with van der Waals surface area (Å²) in [7, 11) is 2.85. The molecule has 0 radical (unpaired) electrons. The van der Waals surface area contributed by atoms with Gasteiger partial charge in [-0.05, 0) is 39.5 Å². The molecule has 0 atom stereocenters. The van der Waals surface area contributed by atoms with Crippen molar-refractivity contribution in [1.29, 1.82) is 0 Å². The topological polar surface area (TPSA) is 127 Å². The highest BCUT2D eigenvalue weighted by molar-refractivity contribution is 5.73. The van der Waals surface area contributed by atoms with Crippen LogP contribution in [0.1, 0.15) is 136 Å². The summed E-state index contributed by atoms with van der Waals surface area (Å²) in [6.45, 7) is 3.53. The van der Waals surface area contributed by atoms with Crippen LogP contribution in [-0.4, -0.2) is 48.3 Å². The molecule has 0 rings (SSSR count). The third-order valence-corrected chi connectivity index (χ3v) is 6.24. The molecular formula is C28H52O8. The number of rotatable bonds is 22. The minimum atomic E-state index is -0.726. The lowest BCUT2D eigenvalue weighted by atomic mass is 9.87. The second-order valence-electron chi connectivity index (χ2n) is 10.0. The van der Waals surface area contributed by atoms with E-state index >= 15 is 0 Å². The van der Waals surface area contributed by atoms with Gasteiger partial charge in [0, 0.05) is 19.3 Å². The Labute approximate surface area is 218 Å². The Balaban J connectivity index is 0. The van der Waals surface area contributed by atoms with Crippen LogP contribution in [0.25, 0.3) is 0 Å². The van der Waals surface area contributed by atoms with Gasteiger partial charge in [0.1, 0.15) is 0 Å². The van der Waals surface area contributed by atoms with Gasteiger partial charge in [-0.25, -0.2) is 0 Å². The van der Waals surface area contributed by atoms with E-state index in [1.54, 1.807) is 13.8 Å². The molecule has 0 saturated heterocycles. The first-order chi connectivity index (χ1) is 17.1. The third-order valence-electron chi connectivity index (χ3n) is 6.24. The smallest absolute Gasteiger partial charge is 0.309 e. The molecular weight excluding hydrogens is 464 g/mol. The summed E-state index contributed by atoms with van der Waals surface area (Å²) in [5.41, 5.74) is -0.610. The Kier molecular flexibility index (Phi) is 24.6. The molecule has 0 saturated carbocycles. The van der Waals surface area contributed by atoms with E-state index in [0.29, 0.717) is 12.8 Å². The number of aliphatic carboxylic acids is 2. The van der Waals surface area contributed by atoms with Gasteiger partial charge in [-0.2, -0.15) is 0 Å². The van der Waals surface area contributed by atoms with E-state index in [0.717, 1.165) is 77.0 Å². The molecule has 2 N–H and O–H groups in total. The fourth-order valence-electron chi connectivity index (χ4n) is 3.64. The van der Waals surface area contributed by atoms with Gasteiger partial charge in [-0.1, -0.05) is 77.0 Å². The average Bonchev–Trinajstić information content (AvgIpc) is 2.83. The number of carboxylic acid groups (broad SMARTS) is 2. The zero-order valence-corrected chi connectivity index (χ0v) is 23.3. The fraction of sp³-hybridized carbons (Fsp3) is 0.857. The second-order valence-corrected chi connectivity index (χ2v) is 10.0. The van der Waals surface area contributed by atoms with E-state index in [1.165, 1.54) is 39.9 Å². The maximum absolute atomic E-state index is 10.9. The van der Waals surface area contributed by atoms with Gasteiger partial charge in [0.15, 0.2) is 0 Å². The number of hydrogen-bond acceptors (Lipinski definition) is 6. The highest BCUT2D eigenvalue weighted by Crippen LogP contribution is 2.24. The van der Waals surface area contributed by atoms with Crippen molar-refractivity contribution < 1.29 is 38.9 Å². The van der Waals surface area contributed by atoms with Crippen molar-refractivity contribution in [3.05, 3.63) is 0 Å². The molecule has 0 heterocycles. The molecule has 212 valence electrons. The Bertz CT molecular complexity index is 562. The summed E-state index contributed by atoms with van der Waals surface area (Å²) in [6, 6.07) is 0. The maximum atomic E-state index is 10.9. The van der Waals surface area contributed by atoms with Crippen LogP contribution in [0.3, 0.4) is 0 Å². The van der Waals surface area contributed by atoms with Gasteiger partial charge in [0.05, 0.1) is 19.6 Å². The molecule has 0 spiro atoms. The number of methoxy groups -OCH3 is 2. The van der Waals surface area contributed by atoms with Crippen molar-refractivity contribution in [2.75, 3.05) is 14.2 Å². The molecule has 0 amide bonds. The first-order valence-electron chi connectivity index (χ1n) is 13.7. The zero-order valence-electron chi connectivity index (χ0n) is 23.3. The normalized spacial score (nSPS) is 10.8. The molecule has 0 aliphatic rings. The Hall–Kier alpha value is -2.12.